The molecule has 1 fully saturated rings. The van der Waals surface area contributed by atoms with Crippen molar-refractivity contribution in [2.75, 3.05) is 29.9 Å². The molecule has 0 radical (unpaired) electrons. The number of pyridine rings is 1. The fourth-order valence-corrected chi connectivity index (χ4v) is 4.24. The second kappa shape index (κ2) is 7.91. The Balaban J connectivity index is 1.56. The minimum Gasteiger partial charge on any atom is -0.366 e. The van der Waals surface area contributed by atoms with Crippen LogP contribution >= 0.6 is 0 Å². The SMILES string of the molecule is CC(C)(C)c1ccc(CNc2ccc(C(=O)N3CCS(=O)(=O)CC3)cn2)cc1. The van der Waals surface area contributed by atoms with Gasteiger partial charge in [0.1, 0.15) is 5.82 Å². The monoisotopic (exact) mass is 401 g/mol. The van der Waals surface area contributed by atoms with Gasteiger partial charge in [0.2, 0.25) is 0 Å². The highest BCUT2D eigenvalue weighted by atomic mass is 32.2. The van der Waals surface area contributed by atoms with Gasteiger partial charge in [-0.2, -0.15) is 0 Å². The number of rotatable bonds is 4. The van der Waals surface area contributed by atoms with Gasteiger partial charge in [-0.3, -0.25) is 4.79 Å². The standard InChI is InChI=1S/C21H27N3O3S/c1-21(2,3)18-7-4-16(5-8-18)14-22-19-9-6-17(15-23-19)20(25)24-10-12-28(26,27)13-11-24/h4-9,15H,10-14H2,1-3H3,(H,22,23). The molecule has 1 saturated heterocycles. The third kappa shape index (κ3) is 5.10. The van der Waals surface area contributed by atoms with Crippen LogP contribution in [0.1, 0.15) is 42.3 Å². The van der Waals surface area contributed by atoms with Crippen LogP contribution in [0.4, 0.5) is 5.82 Å². The number of hydrogen-bond acceptors (Lipinski definition) is 5. The van der Waals surface area contributed by atoms with Crippen LogP contribution in [0, 0.1) is 0 Å². The smallest absolute Gasteiger partial charge is 0.255 e. The molecule has 150 valence electrons. The van der Waals surface area contributed by atoms with Crippen molar-refractivity contribution in [3.8, 4) is 0 Å². The molecule has 28 heavy (non-hydrogen) atoms. The topological polar surface area (TPSA) is 79.4 Å². The van der Waals surface area contributed by atoms with Crippen molar-refractivity contribution in [3.63, 3.8) is 0 Å². The molecule has 2 aromatic rings. The van der Waals surface area contributed by atoms with E-state index in [9.17, 15) is 13.2 Å². The van der Waals surface area contributed by atoms with Gasteiger partial charge in [0.05, 0.1) is 17.1 Å². The van der Waals surface area contributed by atoms with E-state index in [1.165, 1.54) is 11.8 Å². The highest BCUT2D eigenvalue weighted by molar-refractivity contribution is 7.91. The van der Waals surface area contributed by atoms with Crippen molar-refractivity contribution in [1.82, 2.24) is 9.88 Å². The van der Waals surface area contributed by atoms with Gasteiger partial charge in [-0.25, -0.2) is 13.4 Å². The number of nitrogens with zero attached hydrogens (tertiary/aromatic N) is 2. The van der Waals surface area contributed by atoms with Crippen LogP contribution in [0.3, 0.4) is 0 Å². The average Bonchev–Trinajstić information content (AvgIpc) is 2.66. The quantitative estimate of drug-likeness (QED) is 0.852. The summed E-state index contributed by atoms with van der Waals surface area (Å²) >= 11 is 0. The molecule has 1 aliphatic heterocycles. The predicted octanol–water partition coefficient (Wildman–Crippen LogP) is 2.86. The van der Waals surface area contributed by atoms with E-state index in [-0.39, 0.29) is 35.9 Å². The highest BCUT2D eigenvalue weighted by Crippen LogP contribution is 2.22. The van der Waals surface area contributed by atoms with Gasteiger partial charge in [-0.15, -0.1) is 0 Å². The molecule has 1 amide bonds. The van der Waals surface area contributed by atoms with E-state index in [1.54, 1.807) is 17.0 Å². The van der Waals surface area contributed by atoms with Crippen LogP contribution in [0.2, 0.25) is 0 Å². The van der Waals surface area contributed by atoms with E-state index in [4.69, 9.17) is 0 Å². The minimum absolute atomic E-state index is 0.0276. The van der Waals surface area contributed by atoms with E-state index < -0.39 is 9.84 Å². The third-order valence-corrected chi connectivity index (χ3v) is 6.54. The van der Waals surface area contributed by atoms with E-state index in [0.29, 0.717) is 17.9 Å². The summed E-state index contributed by atoms with van der Waals surface area (Å²) in [4.78, 5) is 18.4. The summed E-state index contributed by atoms with van der Waals surface area (Å²) in [6.45, 7) is 7.70. The maximum atomic E-state index is 12.5. The Labute approximate surface area is 166 Å². The summed E-state index contributed by atoms with van der Waals surface area (Å²) < 4.78 is 23.0. The highest BCUT2D eigenvalue weighted by Gasteiger charge is 2.25. The summed E-state index contributed by atoms with van der Waals surface area (Å²) in [5, 5.41) is 3.26. The zero-order valence-corrected chi connectivity index (χ0v) is 17.4. The molecule has 1 aromatic heterocycles. The number of amides is 1. The van der Waals surface area contributed by atoms with Crippen LogP contribution in [-0.2, 0) is 21.8 Å². The number of sulfone groups is 1. The molecule has 0 spiro atoms. The second-order valence-corrected chi connectivity index (χ2v) is 10.5. The molecule has 0 atom stereocenters. The first-order valence-corrected chi connectivity index (χ1v) is 11.3. The van der Waals surface area contributed by atoms with Gasteiger partial charge in [-0.1, -0.05) is 45.0 Å². The lowest BCUT2D eigenvalue weighted by Gasteiger charge is -2.26. The Morgan fingerprint density at radius 2 is 1.71 bits per heavy atom. The predicted molar refractivity (Wildman–Crippen MR) is 111 cm³/mol. The molecule has 0 saturated carbocycles. The third-order valence-electron chi connectivity index (χ3n) is 4.94. The van der Waals surface area contributed by atoms with E-state index in [1.807, 2.05) is 0 Å². The maximum absolute atomic E-state index is 12.5. The number of carbonyl (C=O) groups is 1. The zero-order valence-electron chi connectivity index (χ0n) is 16.6. The molecular weight excluding hydrogens is 374 g/mol. The molecule has 0 aliphatic carbocycles. The molecule has 3 rings (SSSR count). The van der Waals surface area contributed by atoms with Crippen LogP contribution in [-0.4, -0.2) is 48.8 Å². The minimum atomic E-state index is -3.00. The zero-order chi connectivity index (χ0) is 20.4. The summed E-state index contributed by atoms with van der Waals surface area (Å²) in [5.74, 6) is 0.573. The maximum Gasteiger partial charge on any atom is 0.255 e. The van der Waals surface area contributed by atoms with Gasteiger partial charge in [0.25, 0.3) is 5.91 Å². The van der Waals surface area contributed by atoms with Gasteiger partial charge >= 0.3 is 0 Å². The number of aromatic nitrogens is 1. The van der Waals surface area contributed by atoms with Gasteiger partial charge < -0.3 is 10.2 Å². The number of anilines is 1. The Morgan fingerprint density at radius 1 is 1.07 bits per heavy atom. The van der Waals surface area contributed by atoms with Crippen LogP contribution < -0.4 is 5.32 Å². The molecule has 2 heterocycles. The number of benzene rings is 1. The fourth-order valence-electron chi connectivity index (χ4n) is 3.04. The Morgan fingerprint density at radius 3 is 2.25 bits per heavy atom. The first-order valence-electron chi connectivity index (χ1n) is 9.43. The molecule has 1 N–H and O–H groups in total. The van der Waals surface area contributed by atoms with Gasteiger partial charge in [-0.05, 0) is 28.7 Å². The van der Waals surface area contributed by atoms with Gasteiger partial charge in [0, 0.05) is 25.8 Å². The first kappa shape index (κ1) is 20.3. The lowest BCUT2D eigenvalue weighted by Crippen LogP contribution is -2.43. The van der Waals surface area contributed by atoms with E-state index in [2.05, 4.69) is 55.3 Å². The van der Waals surface area contributed by atoms with Crippen molar-refractivity contribution in [2.45, 2.75) is 32.7 Å². The van der Waals surface area contributed by atoms with Crippen molar-refractivity contribution < 1.29 is 13.2 Å². The number of carbonyl (C=O) groups excluding carboxylic acids is 1. The molecular formula is C21H27N3O3S. The summed E-state index contributed by atoms with van der Waals surface area (Å²) in [7, 11) is -3.00. The summed E-state index contributed by atoms with van der Waals surface area (Å²) in [5.41, 5.74) is 3.06. The molecule has 7 heteroatoms. The molecule has 6 nitrogen and oxygen atoms in total. The van der Waals surface area contributed by atoms with E-state index >= 15 is 0 Å². The lowest BCUT2D eigenvalue weighted by atomic mass is 9.87. The Hall–Kier alpha value is -2.41. The molecule has 1 aliphatic rings. The van der Waals surface area contributed by atoms with Crippen LogP contribution in [0.25, 0.3) is 0 Å². The van der Waals surface area contributed by atoms with Crippen molar-refractivity contribution >= 4 is 21.6 Å². The second-order valence-electron chi connectivity index (χ2n) is 8.18. The Kier molecular flexibility index (Phi) is 5.74. The molecule has 0 unspecified atom stereocenters. The van der Waals surface area contributed by atoms with E-state index in [0.717, 1.165) is 5.56 Å². The lowest BCUT2D eigenvalue weighted by molar-refractivity contribution is 0.0770. The van der Waals surface area contributed by atoms with Crippen molar-refractivity contribution in [3.05, 3.63) is 59.3 Å². The summed E-state index contributed by atoms with van der Waals surface area (Å²) in [6.07, 6.45) is 1.54. The molecule has 0 bridgehead atoms. The first-order chi connectivity index (χ1) is 13.1. The van der Waals surface area contributed by atoms with Crippen LogP contribution in [0.5, 0.6) is 0 Å². The van der Waals surface area contributed by atoms with Crippen molar-refractivity contribution in [1.29, 1.82) is 0 Å². The van der Waals surface area contributed by atoms with Crippen LogP contribution in [0.15, 0.2) is 42.6 Å². The fraction of sp³-hybridized carbons (Fsp3) is 0.429. The summed E-state index contributed by atoms with van der Waals surface area (Å²) in [6, 6.07) is 12.0. The largest absolute Gasteiger partial charge is 0.366 e. The van der Waals surface area contributed by atoms with Crippen molar-refractivity contribution in [2.24, 2.45) is 0 Å². The number of nitrogens with one attached hydrogen (secondary N) is 1. The number of hydrogen-bond donors (Lipinski definition) is 1. The Bertz CT molecular complexity index is 916. The van der Waals surface area contributed by atoms with Gasteiger partial charge in [0.15, 0.2) is 9.84 Å². The molecule has 1 aromatic carbocycles. The average molecular weight is 402 g/mol. The normalized spacial score (nSPS) is 16.6.